The number of benzene rings is 1. The van der Waals surface area contributed by atoms with Gasteiger partial charge in [-0.2, -0.15) is 0 Å². The van der Waals surface area contributed by atoms with Crippen molar-refractivity contribution >= 4 is 37.1 Å². The van der Waals surface area contributed by atoms with Crippen molar-refractivity contribution in [3.05, 3.63) is 41.7 Å². The summed E-state index contributed by atoms with van der Waals surface area (Å²) in [6.45, 7) is 5.53. The largest absolute Gasteiger partial charge is 0.613 e. The summed E-state index contributed by atoms with van der Waals surface area (Å²) in [6.07, 6.45) is 9.49. The lowest BCUT2D eigenvalue weighted by Crippen LogP contribution is -2.70. The highest BCUT2D eigenvalue weighted by molar-refractivity contribution is 6.80. The fourth-order valence-corrected chi connectivity index (χ4v) is 8.68. The standard InChI is InChI=1S/C22H32BNO5.C11H17BO4.2CH4/c1-3-4-9-17(2)23-24(14-21(25)28-23,15-22(26)29-23)19-12-8-13-20(19)27-16-18-10-6-5-7-11-18;1-3-4-5-8(2)12-9(6-10(13)15-12)7-11(14)16-12;;/h5-7,10-11,17,19-20H,3-4,8-9,12-16H2,1-2H3;8H,3-7H2,1-2H3;2*1H4/t17-,19?,20-,23?,24?;;;/m0.../s1. The third kappa shape index (κ3) is 7.38. The Kier molecular flexibility index (Phi) is 13.1. The first-order valence-corrected chi connectivity index (χ1v) is 17.1. The average Bonchev–Trinajstić information content (AvgIpc) is 3.79. The van der Waals surface area contributed by atoms with E-state index in [1.54, 1.807) is 0 Å². The van der Waals surface area contributed by atoms with Crippen LogP contribution in [0.25, 0.3) is 0 Å². The quantitative estimate of drug-likeness (QED) is 0.176. The van der Waals surface area contributed by atoms with E-state index in [9.17, 15) is 19.2 Å². The monoisotopic (exact) mass is 657 g/mol. The number of carbonyl (C=O) groups excluding carboxylic acids is 4. The molecule has 47 heavy (non-hydrogen) atoms. The summed E-state index contributed by atoms with van der Waals surface area (Å²) in [5, 5.41) is 0. The zero-order valence-electron chi connectivity index (χ0n) is 27.4. The van der Waals surface area contributed by atoms with Gasteiger partial charge in [0.2, 0.25) is 0 Å². The summed E-state index contributed by atoms with van der Waals surface area (Å²) in [7, 11) is 0. The Morgan fingerprint density at radius 2 is 1.36 bits per heavy atom. The minimum Gasteiger partial charge on any atom is -0.613 e. The van der Waals surface area contributed by atoms with Gasteiger partial charge in [0, 0.05) is 5.82 Å². The minimum absolute atomic E-state index is 0. The van der Waals surface area contributed by atoms with Gasteiger partial charge in [-0.15, -0.1) is 0 Å². The Balaban J connectivity index is 0.000000285. The van der Waals surface area contributed by atoms with Crippen LogP contribution < -0.4 is 0 Å². The Hall–Kier alpha value is -2.98. The van der Waals surface area contributed by atoms with Crippen molar-refractivity contribution in [2.45, 2.75) is 144 Å². The maximum absolute atomic E-state index is 12.5. The zero-order valence-corrected chi connectivity index (χ0v) is 27.4. The molecule has 1 aromatic rings. The molecule has 262 valence electrons. The molecule has 4 saturated heterocycles. The van der Waals surface area contributed by atoms with E-state index in [0.29, 0.717) is 11.0 Å². The zero-order chi connectivity index (χ0) is 32.2. The van der Waals surface area contributed by atoms with E-state index in [4.69, 9.17) is 23.4 Å². The maximum Gasteiger partial charge on any atom is 0.587 e. The SMILES string of the molecule is C.C.CCCCC(C)[B-]12OC(=O)C[C+]1CC(=O)O2.CCCC[C@H](C)[B-]12OC(=O)C[N+]1(C1CCC[C@@H]1OCc1ccccc1)CC(=O)O2. The predicted molar refractivity (Wildman–Crippen MR) is 182 cm³/mol. The van der Waals surface area contributed by atoms with E-state index in [1.165, 1.54) is 0 Å². The second-order valence-corrected chi connectivity index (χ2v) is 14.0. The number of rotatable bonds is 12. The third-order valence-corrected chi connectivity index (χ3v) is 11.0. The van der Waals surface area contributed by atoms with Crippen LogP contribution >= 0.6 is 0 Å². The molecule has 10 nitrogen and oxygen atoms in total. The average molecular weight is 657 g/mol. The van der Waals surface area contributed by atoms with Crippen molar-refractivity contribution in [3.8, 4) is 0 Å². The van der Waals surface area contributed by atoms with E-state index >= 15 is 0 Å². The molecule has 5 fully saturated rings. The Morgan fingerprint density at radius 1 is 0.809 bits per heavy atom. The van der Waals surface area contributed by atoms with Crippen LogP contribution in [0.2, 0.25) is 11.6 Å². The van der Waals surface area contributed by atoms with Crippen molar-refractivity contribution in [2.75, 3.05) is 13.1 Å². The van der Waals surface area contributed by atoms with Gasteiger partial charge in [-0.3, -0.25) is 19.2 Å². The van der Waals surface area contributed by atoms with Crippen LogP contribution in [0.1, 0.15) is 119 Å². The van der Waals surface area contributed by atoms with Crippen LogP contribution in [0.15, 0.2) is 30.3 Å². The van der Waals surface area contributed by atoms with Gasteiger partial charge in [0.05, 0.1) is 12.6 Å². The predicted octanol–water partition coefficient (Wildman–Crippen LogP) is 6.86. The first-order chi connectivity index (χ1) is 21.6. The Labute approximate surface area is 282 Å². The van der Waals surface area contributed by atoms with Crippen LogP contribution in [0, 0.1) is 5.82 Å². The third-order valence-electron chi connectivity index (χ3n) is 11.0. The number of nitrogens with zero attached hydrogens (tertiary/aromatic N) is 1. The number of fused-ring (bicyclic) bond motifs is 2. The van der Waals surface area contributed by atoms with E-state index in [-0.39, 0.29) is 88.4 Å². The second-order valence-electron chi connectivity index (χ2n) is 14.0. The molecule has 1 aliphatic carbocycles. The summed E-state index contributed by atoms with van der Waals surface area (Å²) in [4.78, 5) is 47.7. The molecular weight excluding hydrogens is 600 g/mol. The first kappa shape index (κ1) is 38.5. The smallest absolute Gasteiger partial charge is 0.587 e. The van der Waals surface area contributed by atoms with Gasteiger partial charge in [0.25, 0.3) is 0 Å². The number of unbranched alkanes of at least 4 members (excludes halogenated alkanes) is 2. The van der Waals surface area contributed by atoms with Crippen LogP contribution in [-0.2, 0) is 49.1 Å². The lowest BCUT2D eigenvalue weighted by Gasteiger charge is -2.51. The highest BCUT2D eigenvalue weighted by atomic mass is 16.7. The van der Waals surface area contributed by atoms with E-state index in [2.05, 4.69) is 32.9 Å². The van der Waals surface area contributed by atoms with Crippen molar-refractivity contribution in [2.24, 2.45) is 0 Å². The van der Waals surface area contributed by atoms with E-state index in [1.807, 2.05) is 25.1 Å². The fraction of sp³-hybridized carbons (Fsp3) is 0.686. The number of hydrogen-bond acceptors (Lipinski definition) is 9. The van der Waals surface area contributed by atoms with Gasteiger partial charge in [0.1, 0.15) is 32.0 Å². The molecule has 4 aliphatic heterocycles. The van der Waals surface area contributed by atoms with Gasteiger partial charge < -0.3 is 27.7 Å². The van der Waals surface area contributed by atoms with Gasteiger partial charge in [-0.25, -0.2) is 0 Å². The molecule has 1 aromatic carbocycles. The molecule has 0 amide bonds. The molecule has 1 saturated carbocycles. The Morgan fingerprint density at radius 3 is 1.91 bits per heavy atom. The molecule has 4 atom stereocenters. The van der Waals surface area contributed by atoms with Gasteiger partial charge >= 0.3 is 37.1 Å². The number of carbonyl (C=O) groups is 4. The number of quaternary nitrogens is 1. The van der Waals surface area contributed by atoms with Crippen molar-refractivity contribution < 1.29 is 46.9 Å². The summed E-state index contributed by atoms with van der Waals surface area (Å²) in [5.41, 5.74) is 1.13. The molecular formula is C35H57B2NO9. The topological polar surface area (TPSA) is 114 Å². The van der Waals surface area contributed by atoms with Crippen LogP contribution in [0.4, 0.5) is 0 Å². The Bertz CT molecular complexity index is 1200. The van der Waals surface area contributed by atoms with E-state index < -0.39 is 13.2 Å². The maximum atomic E-state index is 12.5. The lowest BCUT2D eigenvalue weighted by atomic mass is 9.40. The van der Waals surface area contributed by atoms with Crippen LogP contribution in [0.3, 0.4) is 0 Å². The molecule has 12 heteroatoms. The van der Waals surface area contributed by atoms with Gasteiger partial charge in [-0.05, 0) is 36.5 Å². The molecule has 0 bridgehead atoms. The molecule has 0 spiro atoms. The second kappa shape index (κ2) is 15.9. The highest BCUT2D eigenvalue weighted by Crippen LogP contribution is 2.51. The van der Waals surface area contributed by atoms with Crippen molar-refractivity contribution in [3.63, 3.8) is 0 Å². The summed E-state index contributed by atoms with van der Waals surface area (Å²) in [5.74, 6) is 0.0375. The van der Waals surface area contributed by atoms with Crippen molar-refractivity contribution in [1.29, 1.82) is 0 Å². The highest BCUT2D eigenvalue weighted by Gasteiger charge is 2.72. The molecule has 2 unspecified atom stereocenters. The molecule has 0 radical (unpaired) electrons. The summed E-state index contributed by atoms with van der Waals surface area (Å²) >= 11 is 0. The molecule has 6 rings (SSSR count). The fourth-order valence-electron chi connectivity index (χ4n) is 8.68. The van der Waals surface area contributed by atoms with Gasteiger partial charge in [-0.1, -0.05) is 111 Å². The lowest BCUT2D eigenvalue weighted by molar-refractivity contribution is -0.846. The van der Waals surface area contributed by atoms with Crippen molar-refractivity contribution in [1.82, 2.24) is 0 Å². The summed E-state index contributed by atoms with van der Waals surface area (Å²) < 4.78 is 29.2. The summed E-state index contributed by atoms with van der Waals surface area (Å²) in [6, 6.07) is 10.2. The minimum atomic E-state index is -2.04. The first-order valence-electron chi connectivity index (χ1n) is 17.1. The number of ether oxygens (including phenoxy) is 1. The van der Waals surface area contributed by atoms with Crippen LogP contribution in [-0.4, -0.2) is 66.7 Å². The van der Waals surface area contributed by atoms with E-state index in [0.717, 1.165) is 69.2 Å². The number of hydrogen-bond donors (Lipinski definition) is 0. The molecule has 5 aliphatic rings. The normalized spacial score (nSPS) is 29.6. The molecule has 0 aromatic heterocycles. The molecule has 4 heterocycles. The van der Waals surface area contributed by atoms with Crippen LogP contribution in [0.5, 0.6) is 0 Å². The molecule has 0 N–H and O–H groups in total. The van der Waals surface area contributed by atoms with Gasteiger partial charge in [0.15, 0.2) is 0 Å².